The fourth-order valence-electron chi connectivity index (χ4n) is 3.48. The van der Waals surface area contributed by atoms with Gasteiger partial charge in [-0.05, 0) is 35.9 Å². The third-order valence-electron chi connectivity index (χ3n) is 4.80. The summed E-state index contributed by atoms with van der Waals surface area (Å²) in [5.74, 6) is 1.31. The van der Waals surface area contributed by atoms with Crippen LogP contribution in [0.4, 0.5) is 0 Å². The highest BCUT2D eigenvalue weighted by Gasteiger charge is 2.35. The molecular formula is C19H16N4O4S. The maximum Gasteiger partial charge on any atom is 0.247 e. The molecule has 2 aliphatic rings. The van der Waals surface area contributed by atoms with Gasteiger partial charge in [0.05, 0.1) is 29.0 Å². The average Bonchev–Trinajstić information content (AvgIpc) is 3.34. The van der Waals surface area contributed by atoms with Crippen LogP contribution in [0, 0.1) is 0 Å². The summed E-state index contributed by atoms with van der Waals surface area (Å²) in [5, 5.41) is 4.42. The van der Waals surface area contributed by atoms with Crippen LogP contribution in [0.1, 0.15) is 23.6 Å². The smallest absolute Gasteiger partial charge is 0.247 e. The van der Waals surface area contributed by atoms with Crippen LogP contribution in [0.15, 0.2) is 53.9 Å². The van der Waals surface area contributed by atoms with Crippen molar-refractivity contribution in [3.8, 4) is 11.5 Å². The average molecular weight is 396 g/mol. The summed E-state index contributed by atoms with van der Waals surface area (Å²) >= 11 is 0. The summed E-state index contributed by atoms with van der Waals surface area (Å²) in [5.41, 5.74) is 3.77. The molecule has 0 saturated carbocycles. The van der Waals surface area contributed by atoms with E-state index in [0.717, 1.165) is 22.9 Å². The Hall–Kier alpha value is -3.20. The highest BCUT2D eigenvalue weighted by molar-refractivity contribution is 7.88. The Kier molecular flexibility index (Phi) is 3.73. The van der Waals surface area contributed by atoms with Crippen LogP contribution in [0.2, 0.25) is 0 Å². The number of benzene rings is 2. The second-order valence-electron chi connectivity index (χ2n) is 6.67. The summed E-state index contributed by atoms with van der Waals surface area (Å²) in [6.07, 6.45) is 4.84. The van der Waals surface area contributed by atoms with Crippen molar-refractivity contribution in [3.63, 3.8) is 0 Å². The van der Waals surface area contributed by atoms with Crippen molar-refractivity contribution >= 4 is 26.8 Å². The molecule has 3 aromatic rings. The Morgan fingerprint density at radius 1 is 1.00 bits per heavy atom. The highest BCUT2D eigenvalue weighted by Crippen LogP contribution is 2.38. The Bertz CT molecular complexity index is 1230. The first-order chi connectivity index (χ1) is 13.5. The molecule has 0 spiro atoms. The van der Waals surface area contributed by atoms with E-state index in [4.69, 9.17) is 9.47 Å². The molecule has 8 nitrogen and oxygen atoms in total. The minimum absolute atomic E-state index is 0.182. The van der Waals surface area contributed by atoms with Gasteiger partial charge in [0.15, 0.2) is 11.5 Å². The molecule has 3 heterocycles. The normalized spacial score (nSPS) is 18.5. The fourth-order valence-corrected chi connectivity index (χ4v) is 4.39. The molecular weight excluding hydrogens is 380 g/mol. The van der Waals surface area contributed by atoms with E-state index in [0.29, 0.717) is 29.1 Å². The van der Waals surface area contributed by atoms with Gasteiger partial charge in [-0.25, -0.2) is 8.42 Å². The Labute approximate surface area is 161 Å². The quantitative estimate of drug-likeness (QED) is 0.675. The van der Waals surface area contributed by atoms with Crippen molar-refractivity contribution in [1.82, 2.24) is 14.4 Å². The number of fused-ring (bicyclic) bond motifs is 2. The van der Waals surface area contributed by atoms with Gasteiger partial charge in [0.1, 0.15) is 0 Å². The van der Waals surface area contributed by atoms with Crippen molar-refractivity contribution < 1.29 is 17.9 Å². The van der Waals surface area contributed by atoms with E-state index in [1.54, 1.807) is 12.4 Å². The first-order valence-electron chi connectivity index (χ1n) is 8.67. The van der Waals surface area contributed by atoms with Gasteiger partial charge in [-0.2, -0.15) is 9.52 Å². The number of nitrogens with zero attached hydrogens (tertiary/aromatic N) is 4. The second kappa shape index (κ2) is 6.16. The standard InChI is InChI=1S/C19H16N4O4S/c1-28(24,25)23-17(13-2-4-14-16(8-13)21-7-6-20-14)10-15(22-23)12-3-5-18-19(9-12)27-11-26-18/h2-9,17H,10-11H2,1H3/t17-/m0/s1. The van der Waals surface area contributed by atoms with Crippen LogP contribution in [0.3, 0.4) is 0 Å². The van der Waals surface area contributed by atoms with Crippen LogP contribution < -0.4 is 9.47 Å². The van der Waals surface area contributed by atoms with Crippen LogP contribution in [0.25, 0.3) is 11.0 Å². The molecule has 0 amide bonds. The summed E-state index contributed by atoms with van der Waals surface area (Å²) in [4.78, 5) is 8.58. The molecule has 0 bridgehead atoms. The lowest BCUT2D eigenvalue weighted by Crippen LogP contribution is -2.25. The predicted octanol–water partition coefficient (Wildman–Crippen LogP) is 2.47. The Morgan fingerprint density at radius 2 is 1.79 bits per heavy atom. The maximum atomic E-state index is 12.4. The third-order valence-corrected chi connectivity index (χ3v) is 5.81. The molecule has 0 aliphatic carbocycles. The van der Waals surface area contributed by atoms with Crippen LogP contribution >= 0.6 is 0 Å². The molecule has 142 valence electrons. The van der Waals surface area contributed by atoms with E-state index in [9.17, 15) is 8.42 Å². The molecule has 2 aromatic carbocycles. The third kappa shape index (κ3) is 2.84. The predicted molar refractivity (Wildman–Crippen MR) is 103 cm³/mol. The number of sulfonamides is 1. The summed E-state index contributed by atoms with van der Waals surface area (Å²) in [6, 6.07) is 10.6. The Morgan fingerprint density at radius 3 is 2.61 bits per heavy atom. The summed E-state index contributed by atoms with van der Waals surface area (Å²) in [7, 11) is -3.55. The fraction of sp³-hybridized carbons (Fsp3) is 0.211. The minimum Gasteiger partial charge on any atom is -0.454 e. The van der Waals surface area contributed by atoms with Crippen LogP contribution in [0.5, 0.6) is 11.5 Å². The van der Waals surface area contributed by atoms with Gasteiger partial charge >= 0.3 is 0 Å². The highest BCUT2D eigenvalue weighted by atomic mass is 32.2. The number of hydrazone groups is 1. The molecule has 5 rings (SSSR count). The molecule has 0 radical (unpaired) electrons. The van der Waals surface area contributed by atoms with Gasteiger partial charge in [-0.3, -0.25) is 9.97 Å². The lowest BCUT2D eigenvalue weighted by Gasteiger charge is -2.21. The summed E-state index contributed by atoms with van der Waals surface area (Å²) < 4.78 is 36.7. The molecule has 1 atom stereocenters. The monoisotopic (exact) mass is 396 g/mol. The molecule has 0 N–H and O–H groups in total. The Balaban J connectivity index is 1.55. The van der Waals surface area contributed by atoms with Crippen molar-refractivity contribution in [1.29, 1.82) is 0 Å². The van der Waals surface area contributed by atoms with E-state index in [1.165, 1.54) is 4.41 Å². The van der Waals surface area contributed by atoms with E-state index < -0.39 is 16.1 Å². The summed E-state index contributed by atoms with van der Waals surface area (Å²) in [6.45, 7) is 0.182. The lowest BCUT2D eigenvalue weighted by molar-refractivity contribution is 0.174. The van der Waals surface area contributed by atoms with Gasteiger partial charge in [-0.15, -0.1) is 0 Å². The number of ether oxygens (including phenoxy) is 2. The topological polar surface area (TPSA) is 94.0 Å². The van der Waals surface area contributed by atoms with Gasteiger partial charge < -0.3 is 9.47 Å². The lowest BCUT2D eigenvalue weighted by atomic mass is 9.98. The molecule has 1 aromatic heterocycles. The molecule has 28 heavy (non-hydrogen) atoms. The van der Waals surface area contributed by atoms with Crippen molar-refractivity contribution in [2.45, 2.75) is 12.5 Å². The zero-order valence-electron chi connectivity index (χ0n) is 14.9. The molecule has 9 heteroatoms. The van der Waals surface area contributed by atoms with Crippen molar-refractivity contribution in [2.24, 2.45) is 5.10 Å². The molecule has 0 fully saturated rings. The molecule has 0 unspecified atom stereocenters. The van der Waals surface area contributed by atoms with Crippen LogP contribution in [-0.4, -0.2) is 41.6 Å². The van der Waals surface area contributed by atoms with Gasteiger partial charge in [0, 0.05) is 24.4 Å². The number of hydrogen-bond acceptors (Lipinski definition) is 7. The van der Waals surface area contributed by atoms with Crippen molar-refractivity contribution in [3.05, 3.63) is 59.9 Å². The SMILES string of the molecule is CS(=O)(=O)N1N=C(c2ccc3c(c2)OCO3)C[C@H]1c1ccc2nccnc2c1. The van der Waals surface area contributed by atoms with E-state index >= 15 is 0 Å². The molecule has 2 aliphatic heterocycles. The van der Waals surface area contributed by atoms with Gasteiger partial charge in [-0.1, -0.05) is 6.07 Å². The minimum atomic E-state index is -3.55. The van der Waals surface area contributed by atoms with Gasteiger partial charge in [0.2, 0.25) is 16.8 Å². The number of rotatable bonds is 3. The van der Waals surface area contributed by atoms with E-state index in [1.807, 2.05) is 36.4 Å². The maximum absolute atomic E-state index is 12.4. The largest absolute Gasteiger partial charge is 0.454 e. The first-order valence-corrected chi connectivity index (χ1v) is 10.5. The molecule has 0 saturated heterocycles. The zero-order chi connectivity index (χ0) is 19.3. The zero-order valence-corrected chi connectivity index (χ0v) is 15.8. The number of aromatic nitrogens is 2. The van der Waals surface area contributed by atoms with Crippen molar-refractivity contribution in [2.75, 3.05) is 13.0 Å². The second-order valence-corrected chi connectivity index (χ2v) is 8.51. The van der Waals surface area contributed by atoms with E-state index in [-0.39, 0.29) is 6.79 Å². The number of hydrogen-bond donors (Lipinski definition) is 0. The van der Waals surface area contributed by atoms with E-state index in [2.05, 4.69) is 15.1 Å². The van der Waals surface area contributed by atoms with Crippen LogP contribution in [-0.2, 0) is 10.0 Å². The first kappa shape index (κ1) is 16.9. The van der Waals surface area contributed by atoms with Gasteiger partial charge in [0.25, 0.3) is 0 Å².